The topological polar surface area (TPSA) is 47.6 Å². The van der Waals surface area contributed by atoms with Crippen LogP contribution in [-0.2, 0) is 10.2 Å². The lowest BCUT2D eigenvalue weighted by atomic mass is 9.86. The second-order valence-corrected chi connectivity index (χ2v) is 4.97. The van der Waals surface area contributed by atoms with Gasteiger partial charge in [-0.2, -0.15) is 0 Å². The zero-order valence-electron chi connectivity index (χ0n) is 10.0. The Morgan fingerprint density at radius 3 is 2.53 bits per heavy atom. The summed E-state index contributed by atoms with van der Waals surface area (Å²) in [5, 5.41) is 2.88. The van der Waals surface area contributed by atoms with Gasteiger partial charge in [-0.3, -0.25) is 4.79 Å². The zero-order chi connectivity index (χ0) is 12.0. The van der Waals surface area contributed by atoms with Crippen LogP contribution >= 0.6 is 0 Å². The number of anilines is 1. The summed E-state index contributed by atoms with van der Waals surface area (Å²) in [5.41, 5.74) is 1.32. The van der Waals surface area contributed by atoms with Crippen LogP contribution < -0.4 is 14.8 Å². The van der Waals surface area contributed by atoms with Crippen molar-refractivity contribution in [3.8, 4) is 11.5 Å². The molecular weight excluding hydrogens is 218 g/mol. The van der Waals surface area contributed by atoms with Crippen molar-refractivity contribution in [2.24, 2.45) is 0 Å². The molecule has 2 heterocycles. The van der Waals surface area contributed by atoms with E-state index in [0.717, 1.165) is 29.2 Å². The fourth-order valence-electron chi connectivity index (χ4n) is 2.23. The van der Waals surface area contributed by atoms with Crippen molar-refractivity contribution in [1.29, 1.82) is 0 Å². The molecule has 90 valence electrons. The number of amides is 1. The van der Waals surface area contributed by atoms with Crippen molar-refractivity contribution in [2.75, 3.05) is 18.5 Å². The molecule has 0 radical (unpaired) electrons. The molecule has 0 aromatic heterocycles. The summed E-state index contributed by atoms with van der Waals surface area (Å²) >= 11 is 0. The average Bonchev–Trinajstić information content (AvgIpc) is 2.47. The minimum absolute atomic E-state index is 0.0210. The zero-order valence-corrected chi connectivity index (χ0v) is 10.0. The molecule has 0 bridgehead atoms. The van der Waals surface area contributed by atoms with E-state index < -0.39 is 5.41 Å². The minimum atomic E-state index is -0.500. The van der Waals surface area contributed by atoms with Crippen LogP contribution in [-0.4, -0.2) is 19.1 Å². The summed E-state index contributed by atoms with van der Waals surface area (Å²) in [6.07, 6.45) is 0.884. The fourth-order valence-corrected chi connectivity index (χ4v) is 2.23. The Balaban J connectivity index is 2.13. The molecule has 0 fully saturated rings. The van der Waals surface area contributed by atoms with Crippen LogP contribution in [0.15, 0.2) is 12.1 Å². The molecule has 17 heavy (non-hydrogen) atoms. The number of fused-ring (bicyclic) bond motifs is 2. The molecule has 0 aliphatic carbocycles. The monoisotopic (exact) mass is 233 g/mol. The molecule has 0 saturated heterocycles. The largest absolute Gasteiger partial charge is 0.490 e. The second kappa shape index (κ2) is 3.39. The Labute approximate surface area is 99.9 Å². The van der Waals surface area contributed by atoms with Crippen molar-refractivity contribution in [2.45, 2.75) is 25.7 Å². The van der Waals surface area contributed by atoms with Gasteiger partial charge in [-0.1, -0.05) is 0 Å². The number of benzene rings is 1. The number of rotatable bonds is 0. The predicted octanol–water partition coefficient (Wildman–Crippen LogP) is 2.08. The van der Waals surface area contributed by atoms with Crippen LogP contribution in [0.2, 0.25) is 0 Å². The summed E-state index contributed by atoms with van der Waals surface area (Å²) in [5.74, 6) is 1.48. The van der Waals surface area contributed by atoms with Gasteiger partial charge in [-0.15, -0.1) is 0 Å². The van der Waals surface area contributed by atoms with E-state index >= 15 is 0 Å². The lowest BCUT2D eigenvalue weighted by molar-refractivity contribution is -0.119. The molecule has 0 atom stereocenters. The van der Waals surface area contributed by atoms with Gasteiger partial charge in [0.1, 0.15) is 0 Å². The first-order valence-corrected chi connectivity index (χ1v) is 5.84. The van der Waals surface area contributed by atoms with E-state index in [1.54, 1.807) is 0 Å². The first kappa shape index (κ1) is 10.4. The molecule has 0 spiro atoms. The van der Waals surface area contributed by atoms with Crippen molar-refractivity contribution < 1.29 is 14.3 Å². The van der Waals surface area contributed by atoms with Crippen LogP contribution in [0.1, 0.15) is 25.8 Å². The Morgan fingerprint density at radius 1 is 1.18 bits per heavy atom. The third kappa shape index (κ3) is 1.47. The summed E-state index contributed by atoms with van der Waals surface area (Å²) in [6.45, 7) is 5.15. The highest BCUT2D eigenvalue weighted by atomic mass is 16.5. The maximum atomic E-state index is 11.8. The molecule has 1 N–H and O–H groups in total. The Kier molecular flexibility index (Phi) is 2.08. The molecule has 3 rings (SSSR count). The molecule has 0 unspecified atom stereocenters. The Hall–Kier alpha value is -1.71. The van der Waals surface area contributed by atoms with E-state index in [-0.39, 0.29) is 5.91 Å². The van der Waals surface area contributed by atoms with Crippen molar-refractivity contribution >= 4 is 11.6 Å². The van der Waals surface area contributed by atoms with Crippen LogP contribution in [0.3, 0.4) is 0 Å². The highest BCUT2D eigenvalue weighted by molar-refractivity contribution is 6.06. The Bertz CT molecular complexity index is 494. The van der Waals surface area contributed by atoms with E-state index in [4.69, 9.17) is 9.47 Å². The van der Waals surface area contributed by atoms with E-state index in [1.807, 2.05) is 26.0 Å². The molecule has 1 amide bonds. The number of carbonyl (C=O) groups is 1. The molecule has 0 saturated carbocycles. The smallest absolute Gasteiger partial charge is 0.234 e. The highest BCUT2D eigenvalue weighted by Gasteiger charge is 2.39. The van der Waals surface area contributed by atoms with Crippen LogP contribution in [0.5, 0.6) is 11.5 Å². The summed E-state index contributed by atoms with van der Waals surface area (Å²) < 4.78 is 11.2. The maximum absolute atomic E-state index is 11.8. The van der Waals surface area contributed by atoms with Gasteiger partial charge in [0.2, 0.25) is 5.91 Å². The molecular formula is C13H15NO3. The Morgan fingerprint density at radius 2 is 1.82 bits per heavy atom. The maximum Gasteiger partial charge on any atom is 0.234 e. The number of ether oxygens (including phenoxy) is 2. The molecule has 2 aliphatic rings. The van der Waals surface area contributed by atoms with Gasteiger partial charge in [-0.05, 0) is 25.5 Å². The van der Waals surface area contributed by atoms with Gasteiger partial charge in [0.15, 0.2) is 11.5 Å². The SMILES string of the molecule is CC1(C)C(=O)Nc2cc3c(cc21)OCCCO3. The predicted molar refractivity (Wildman–Crippen MR) is 63.7 cm³/mol. The highest BCUT2D eigenvalue weighted by Crippen LogP contribution is 2.44. The molecule has 2 aliphatic heterocycles. The van der Waals surface area contributed by atoms with E-state index in [9.17, 15) is 4.79 Å². The summed E-state index contributed by atoms with van der Waals surface area (Å²) in [7, 11) is 0. The van der Waals surface area contributed by atoms with Gasteiger partial charge in [0, 0.05) is 18.2 Å². The van der Waals surface area contributed by atoms with Crippen LogP contribution in [0.25, 0.3) is 0 Å². The van der Waals surface area contributed by atoms with Gasteiger partial charge < -0.3 is 14.8 Å². The standard InChI is InChI=1S/C13H15NO3/c1-13(2)8-6-10-11(17-5-3-4-16-10)7-9(8)14-12(13)15/h6-7H,3-5H2,1-2H3,(H,14,15). The summed E-state index contributed by atoms with van der Waals surface area (Å²) in [4.78, 5) is 11.8. The average molecular weight is 233 g/mol. The van der Waals surface area contributed by atoms with E-state index in [0.29, 0.717) is 13.2 Å². The third-order valence-corrected chi connectivity index (χ3v) is 3.38. The number of nitrogens with one attached hydrogen (secondary N) is 1. The number of carbonyl (C=O) groups excluding carboxylic acids is 1. The molecule has 1 aromatic rings. The van der Waals surface area contributed by atoms with Gasteiger partial charge in [0.25, 0.3) is 0 Å². The first-order chi connectivity index (χ1) is 8.09. The lowest BCUT2D eigenvalue weighted by Crippen LogP contribution is -2.26. The van der Waals surface area contributed by atoms with Crippen molar-refractivity contribution in [3.63, 3.8) is 0 Å². The quantitative estimate of drug-likeness (QED) is 0.746. The summed E-state index contributed by atoms with van der Waals surface area (Å²) in [6, 6.07) is 3.79. The van der Waals surface area contributed by atoms with Gasteiger partial charge in [-0.25, -0.2) is 0 Å². The van der Waals surface area contributed by atoms with E-state index in [2.05, 4.69) is 5.32 Å². The van der Waals surface area contributed by atoms with E-state index in [1.165, 1.54) is 0 Å². The van der Waals surface area contributed by atoms with Crippen LogP contribution in [0, 0.1) is 0 Å². The molecule has 4 nitrogen and oxygen atoms in total. The van der Waals surface area contributed by atoms with Crippen LogP contribution in [0.4, 0.5) is 5.69 Å². The minimum Gasteiger partial charge on any atom is -0.490 e. The molecule has 1 aromatic carbocycles. The second-order valence-electron chi connectivity index (χ2n) is 4.97. The number of hydrogen-bond donors (Lipinski definition) is 1. The van der Waals surface area contributed by atoms with Gasteiger partial charge >= 0.3 is 0 Å². The molecule has 4 heteroatoms. The van der Waals surface area contributed by atoms with Crippen molar-refractivity contribution in [1.82, 2.24) is 0 Å². The lowest BCUT2D eigenvalue weighted by Gasteiger charge is -2.16. The number of hydrogen-bond acceptors (Lipinski definition) is 3. The third-order valence-electron chi connectivity index (χ3n) is 3.38. The van der Waals surface area contributed by atoms with Gasteiger partial charge in [0.05, 0.1) is 18.6 Å². The van der Waals surface area contributed by atoms with Crippen molar-refractivity contribution in [3.05, 3.63) is 17.7 Å². The normalized spacial score (nSPS) is 20.5. The first-order valence-electron chi connectivity index (χ1n) is 5.84. The fraction of sp³-hybridized carbons (Fsp3) is 0.462.